The second-order valence-corrected chi connectivity index (χ2v) is 16.6. The van der Waals surface area contributed by atoms with Gasteiger partial charge in [0, 0.05) is 79.9 Å². The fourth-order valence-corrected chi connectivity index (χ4v) is 10.4. The zero-order chi connectivity index (χ0) is 36.5. The highest BCUT2D eigenvalue weighted by atomic mass is 32.1. The van der Waals surface area contributed by atoms with E-state index in [1.54, 1.807) is 0 Å². The van der Waals surface area contributed by atoms with Gasteiger partial charge in [0.2, 0.25) is 0 Å². The summed E-state index contributed by atoms with van der Waals surface area (Å²) in [6.07, 6.45) is 0. The highest BCUT2D eigenvalue weighted by Crippen LogP contribution is 2.48. The van der Waals surface area contributed by atoms with Gasteiger partial charge in [0.25, 0.3) is 0 Å². The minimum absolute atomic E-state index is 1.16. The van der Waals surface area contributed by atoms with Gasteiger partial charge in [-0.25, -0.2) is 0 Å². The van der Waals surface area contributed by atoms with Crippen LogP contribution in [0.4, 0.5) is 34.1 Å². The van der Waals surface area contributed by atoms with Crippen molar-refractivity contribution in [3.05, 3.63) is 180 Å². The maximum absolute atomic E-state index is 2.40. The molecule has 10 rings (SSSR count). The molecule has 0 amide bonds. The van der Waals surface area contributed by atoms with Gasteiger partial charge in [-0.1, -0.05) is 96.1 Å². The molecule has 54 heavy (non-hydrogen) atoms. The molecule has 0 aliphatic carbocycles. The van der Waals surface area contributed by atoms with Crippen LogP contribution in [0.15, 0.2) is 158 Å². The number of para-hydroxylation sites is 2. The third-order valence-corrected chi connectivity index (χ3v) is 13.1. The molecule has 0 aliphatic heterocycles. The number of thiophene rings is 2. The second-order valence-electron chi connectivity index (χ2n) is 14.5. The molecule has 0 unspecified atom stereocenters. The van der Waals surface area contributed by atoms with Crippen molar-refractivity contribution in [2.45, 2.75) is 27.7 Å². The van der Waals surface area contributed by atoms with E-state index in [9.17, 15) is 0 Å². The number of hydrogen-bond acceptors (Lipinski definition) is 4. The van der Waals surface area contributed by atoms with Crippen LogP contribution in [-0.2, 0) is 0 Å². The summed E-state index contributed by atoms with van der Waals surface area (Å²) in [5, 5.41) is 7.97. The standard InChI is InChI=1S/C50H38N2S2/c1-31-13-19-36(20-14-31)51(42-11-7-5-9-33(42)3)38-23-25-40-46(29-38)53-44-27-17-35-18-28-45-50(48(35)49(40)44)41-26-24-39(30-47(41)54-45)52(37-21-15-32(2)16-22-37)43-12-8-6-10-34(43)4/h5-30H,1-4H3. The molecule has 8 aromatic carbocycles. The Balaban J connectivity index is 1.16. The zero-order valence-corrected chi connectivity index (χ0v) is 32.4. The maximum atomic E-state index is 2.40. The van der Waals surface area contributed by atoms with Gasteiger partial charge in [-0.3, -0.25) is 0 Å². The van der Waals surface area contributed by atoms with Gasteiger partial charge in [0.1, 0.15) is 0 Å². The van der Waals surface area contributed by atoms with E-state index in [2.05, 4.69) is 195 Å². The highest BCUT2D eigenvalue weighted by Gasteiger charge is 2.20. The van der Waals surface area contributed by atoms with Crippen LogP contribution in [0.3, 0.4) is 0 Å². The van der Waals surface area contributed by atoms with Crippen LogP contribution < -0.4 is 9.80 Å². The molecule has 2 nitrogen and oxygen atoms in total. The predicted octanol–water partition coefficient (Wildman–Crippen LogP) is 15.7. The third kappa shape index (κ3) is 5.36. The van der Waals surface area contributed by atoms with Crippen LogP contribution >= 0.6 is 22.7 Å². The summed E-state index contributed by atoms with van der Waals surface area (Å²) >= 11 is 3.79. The summed E-state index contributed by atoms with van der Waals surface area (Å²) in [6, 6.07) is 58.5. The largest absolute Gasteiger partial charge is 0.310 e. The number of aryl methyl sites for hydroxylation is 4. The number of hydrogen-bond donors (Lipinski definition) is 0. The Morgan fingerprint density at radius 1 is 0.352 bits per heavy atom. The average molecular weight is 731 g/mol. The van der Waals surface area contributed by atoms with Crippen molar-refractivity contribution in [1.82, 2.24) is 0 Å². The van der Waals surface area contributed by atoms with Gasteiger partial charge in [-0.05, 0) is 117 Å². The van der Waals surface area contributed by atoms with E-state index in [0.717, 1.165) is 11.4 Å². The Bertz CT molecular complexity index is 2840. The fraction of sp³-hybridized carbons (Fsp3) is 0.0800. The summed E-state index contributed by atoms with van der Waals surface area (Å²) in [7, 11) is 0. The molecule has 0 saturated carbocycles. The SMILES string of the molecule is Cc1ccc(N(c2ccc3c(c2)sc2ccc4ccc5sc6cc(N(c7ccc(C)cc7)c7ccccc7C)ccc6c5c4c23)c2ccccc2C)cc1. The van der Waals surface area contributed by atoms with Crippen LogP contribution in [0.5, 0.6) is 0 Å². The topological polar surface area (TPSA) is 6.48 Å². The molecule has 0 aliphatic rings. The third-order valence-electron chi connectivity index (χ3n) is 10.8. The molecule has 4 heteroatoms. The van der Waals surface area contributed by atoms with E-state index >= 15 is 0 Å². The lowest BCUT2D eigenvalue weighted by atomic mass is 9.98. The summed E-state index contributed by atoms with van der Waals surface area (Å²) in [4.78, 5) is 4.80. The molecule has 0 radical (unpaired) electrons. The summed E-state index contributed by atoms with van der Waals surface area (Å²) in [6.45, 7) is 8.69. The van der Waals surface area contributed by atoms with Crippen molar-refractivity contribution in [3.8, 4) is 0 Å². The first kappa shape index (κ1) is 32.7. The van der Waals surface area contributed by atoms with Crippen molar-refractivity contribution < 1.29 is 0 Å². The lowest BCUT2D eigenvalue weighted by Crippen LogP contribution is -2.11. The molecular weight excluding hydrogens is 693 g/mol. The lowest BCUT2D eigenvalue weighted by molar-refractivity contribution is 1.25. The molecule has 0 atom stereocenters. The molecule has 2 aromatic heterocycles. The molecule has 10 aromatic rings. The van der Waals surface area contributed by atoms with Crippen molar-refractivity contribution in [2.24, 2.45) is 0 Å². The second kappa shape index (κ2) is 12.9. The smallest absolute Gasteiger partial charge is 0.0490 e. The molecule has 2 heterocycles. The molecule has 0 N–H and O–H groups in total. The van der Waals surface area contributed by atoms with Gasteiger partial charge in [-0.15, -0.1) is 22.7 Å². The molecule has 0 saturated heterocycles. The fourth-order valence-electron chi connectivity index (χ4n) is 8.07. The van der Waals surface area contributed by atoms with E-state index in [0.29, 0.717) is 0 Å². The first-order valence-electron chi connectivity index (χ1n) is 18.5. The molecule has 0 spiro atoms. The average Bonchev–Trinajstić information content (AvgIpc) is 3.76. The number of fused-ring (bicyclic) bond motifs is 9. The first-order chi connectivity index (χ1) is 26.4. The van der Waals surface area contributed by atoms with E-state index < -0.39 is 0 Å². The Kier molecular flexibility index (Phi) is 7.79. The van der Waals surface area contributed by atoms with Crippen molar-refractivity contribution in [3.63, 3.8) is 0 Å². The van der Waals surface area contributed by atoms with Gasteiger partial charge >= 0.3 is 0 Å². The van der Waals surface area contributed by atoms with E-state index in [1.807, 2.05) is 22.7 Å². The van der Waals surface area contributed by atoms with Crippen molar-refractivity contribution in [2.75, 3.05) is 9.80 Å². The molecule has 0 bridgehead atoms. The Morgan fingerprint density at radius 2 is 0.759 bits per heavy atom. The van der Waals surface area contributed by atoms with E-state index in [1.165, 1.54) is 96.1 Å². The Hall–Kier alpha value is -5.94. The normalized spacial score (nSPS) is 11.7. The van der Waals surface area contributed by atoms with Crippen molar-refractivity contribution >= 4 is 108 Å². The van der Waals surface area contributed by atoms with Gasteiger partial charge in [0.05, 0.1) is 0 Å². The number of benzene rings is 8. The summed E-state index contributed by atoms with van der Waals surface area (Å²) < 4.78 is 5.24. The number of nitrogens with zero attached hydrogens (tertiary/aromatic N) is 2. The lowest BCUT2D eigenvalue weighted by Gasteiger charge is -2.27. The van der Waals surface area contributed by atoms with Crippen LogP contribution in [0.25, 0.3) is 51.1 Å². The quantitative estimate of drug-likeness (QED) is 0.168. The van der Waals surface area contributed by atoms with Gasteiger partial charge in [0.15, 0.2) is 0 Å². The monoisotopic (exact) mass is 730 g/mol. The Labute approximate surface area is 323 Å². The minimum Gasteiger partial charge on any atom is -0.310 e. The van der Waals surface area contributed by atoms with E-state index in [-0.39, 0.29) is 0 Å². The summed E-state index contributed by atoms with van der Waals surface area (Å²) in [5.41, 5.74) is 12.1. The van der Waals surface area contributed by atoms with Crippen LogP contribution in [0.1, 0.15) is 22.3 Å². The maximum Gasteiger partial charge on any atom is 0.0490 e. The summed E-state index contributed by atoms with van der Waals surface area (Å²) in [5.74, 6) is 0. The Morgan fingerprint density at radius 3 is 1.19 bits per heavy atom. The van der Waals surface area contributed by atoms with Gasteiger partial charge in [-0.2, -0.15) is 0 Å². The van der Waals surface area contributed by atoms with Crippen LogP contribution in [0.2, 0.25) is 0 Å². The van der Waals surface area contributed by atoms with Crippen LogP contribution in [-0.4, -0.2) is 0 Å². The van der Waals surface area contributed by atoms with E-state index in [4.69, 9.17) is 0 Å². The number of rotatable bonds is 6. The predicted molar refractivity (Wildman–Crippen MR) is 238 cm³/mol. The van der Waals surface area contributed by atoms with Gasteiger partial charge < -0.3 is 9.80 Å². The first-order valence-corrected chi connectivity index (χ1v) is 20.1. The highest BCUT2D eigenvalue weighted by molar-refractivity contribution is 7.27. The molecule has 0 fully saturated rings. The molecule has 260 valence electrons. The number of anilines is 6. The minimum atomic E-state index is 1.16. The van der Waals surface area contributed by atoms with Crippen molar-refractivity contribution in [1.29, 1.82) is 0 Å². The van der Waals surface area contributed by atoms with Crippen LogP contribution in [0, 0.1) is 27.7 Å². The zero-order valence-electron chi connectivity index (χ0n) is 30.7. The molecular formula is C50H38N2S2.